The van der Waals surface area contributed by atoms with Gasteiger partial charge in [-0.2, -0.15) is 0 Å². The van der Waals surface area contributed by atoms with Crippen molar-refractivity contribution in [3.05, 3.63) is 36.7 Å². The quantitative estimate of drug-likeness (QED) is 0.713. The first-order valence-corrected chi connectivity index (χ1v) is 5.91. The number of aliphatic hydroxyl groups excluding tert-OH is 1. The van der Waals surface area contributed by atoms with Crippen LogP contribution in [0.15, 0.2) is 36.7 Å². The zero-order chi connectivity index (χ0) is 12.1. The van der Waals surface area contributed by atoms with Gasteiger partial charge in [-0.1, -0.05) is 12.1 Å². The van der Waals surface area contributed by atoms with Crippen LogP contribution in [0.5, 0.6) is 0 Å². The van der Waals surface area contributed by atoms with E-state index in [4.69, 9.17) is 11.6 Å². The van der Waals surface area contributed by atoms with Gasteiger partial charge in [0.2, 0.25) is 0 Å². The molecule has 1 heterocycles. The molecule has 17 heavy (non-hydrogen) atoms. The first-order chi connectivity index (χ1) is 8.29. The molecule has 0 spiro atoms. The SMILES string of the molecule is OC(CCl)CNc1cccc(-c2ncc[nH]2)c1. The Bertz CT molecular complexity index is 459. The third-order valence-electron chi connectivity index (χ3n) is 2.35. The van der Waals surface area contributed by atoms with Crippen LogP contribution in [0.3, 0.4) is 0 Å². The van der Waals surface area contributed by atoms with E-state index in [2.05, 4.69) is 15.3 Å². The summed E-state index contributed by atoms with van der Waals surface area (Å²) in [5, 5.41) is 12.5. The van der Waals surface area contributed by atoms with Crippen molar-refractivity contribution in [1.82, 2.24) is 9.97 Å². The average Bonchev–Trinajstić information content (AvgIpc) is 2.90. The summed E-state index contributed by atoms with van der Waals surface area (Å²) in [5.41, 5.74) is 1.93. The second-order valence-corrected chi connectivity index (χ2v) is 4.02. The maximum atomic E-state index is 9.36. The van der Waals surface area contributed by atoms with Crippen LogP contribution in [0.25, 0.3) is 11.4 Å². The molecule has 0 aliphatic rings. The first-order valence-electron chi connectivity index (χ1n) is 5.37. The van der Waals surface area contributed by atoms with Crippen LogP contribution in [0.2, 0.25) is 0 Å². The number of rotatable bonds is 5. The number of anilines is 1. The Morgan fingerprint density at radius 1 is 1.47 bits per heavy atom. The predicted molar refractivity (Wildman–Crippen MR) is 69.2 cm³/mol. The Morgan fingerprint density at radius 3 is 3.06 bits per heavy atom. The molecule has 3 N–H and O–H groups in total. The molecule has 1 aromatic carbocycles. The van der Waals surface area contributed by atoms with Crippen molar-refractivity contribution in [2.75, 3.05) is 17.7 Å². The van der Waals surface area contributed by atoms with Gasteiger partial charge < -0.3 is 15.4 Å². The van der Waals surface area contributed by atoms with Gasteiger partial charge in [-0.15, -0.1) is 11.6 Å². The van der Waals surface area contributed by atoms with Crippen molar-refractivity contribution < 1.29 is 5.11 Å². The van der Waals surface area contributed by atoms with E-state index in [1.165, 1.54) is 0 Å². The van der Waals surface area contributed by atoms with E-state index < -0.39 is 6.10 Å². The van der Waals surface area contributed by atoms with Gasteiger partial charge in [-0.25, -0.2) is 4.98 Å². The number of hydrogen-bond acceptors (Lipinski definition) is 3. The summed E-state index contributed by atoms with van der Waals surface area (Å²) in [5.74, 6) is 1.05. The Labute approximate surface area is 105 Å². The number of alkyl halides is 1. The molecular weight excluding hydrogens is 238 g/mol. The molecule has 90 valence electrons. The monoisotopic (exact) mass is 251 g/mol. The molecule has 1 unspecified atom stereocenters. The van der Waals surface area contributed by atoms with Crippen LogP contribution < -0.4 is 5.32 Å². The molecule has 0 amide bonds. The summed E-state index contributed by atoms with van der Waals surface area (Å²) in [4.78, 5) is 7.23. The highest BCUT2D eigenvalue weighted by molar-refractivity contribution is 6.18. The van der Waals surface area contributed by atoms with E-state index in [1.807, 2.05) is 24.3 Å². The van der Waals surface area contributed by atoms with Crippen molar-refractivity contribution in [1.29, 1.82) is 0 Å². The summed E-state index contributed by atoms with van der Waals surface area (Å²) in [7, 11) is 0. The largest absolute Gasteiger partial charge is 0.390 e. The number of halogens is 1. The number of nitrogens with zero attached hydrogens (tertiary/aromatic N) is 1. The number of H-pyrrole nitrogens is 1. The molecule has 1 atom stereocenters. The molecule has 2 aromatic rings. The lowest BCUT2D eigenvalue weighted by Gasteiger charge is -2.10. The molecule has 0 saturated carbocycles. The van der Waals surface area contributed by atoms with Crippen LogP contribution in [0, 0.1) is 0 Å². The van der Waals surface area contributed by atoms with E-state index in [9.17, 15) is 5.11 Å². The van der Waals surface area contributed by atoms with Gasteiger partial charge in [-0.3, -0.25) is 0 Å². The standard InChI is InChI=1S/C12H14ClN3O/c13-7-11(17)8-16-10-3-1-2-9(6-10)12-14-4-5-15-12/h1-6,11,16-17H,7-8H2,(H,14,15). The molecular formula is C12H14ClN3O. The second kappa shape index (κ2) is 5.70. The minimum atomic E-state index is -0.538. The van der Waals surface area contributed by atoms with Crippen molar-refractivity contribution in [3.63, 3.8) is 0 Å². The molecule has 5 heteroatoms. The van der Waals surface area contributed by atoms with E-state index in [1.54, 1.807) is 12.4 Å². The van der Waals surface area contributed by atoms with Gasteiger partial charge in [-0.05, 0) is 12.1 Å². The van der Waals surface area contributed by atoms with Crippen LogP contribution in [0.1, 0.15) is 0 Å². The predicted octanol–water partition coefficient (Wildman–Crippen LogP) is 2.09. The fourth-order valence-electron chi connectivity index (χ4n) is 1.49. The molecule has 1 aromatic heterocycles. The summed E-state index contributed by atoms with van der Waals surface area (Å²) in [6, 6.07) is 7.82. The van der Waals surface area contributed by atoms with Crippen LogP contribution in [0.4, 0.5) is 5.69 Å². The third-order valence-corrected chi connectivity index (χ3v) is 2.71. The van der Waals surface area contributed by atoms with E-state index in [0.29, 0.717) is 6.54 Å². The zero-order valence-corrected chi connectivity index (χ0v) is 9.98. The molecule has 0 bridgehead atoms. The number of hydrogen-bond donors (Lipinski definition) is 3. The topological polar surface area (TPSA) is 60.9 Å². The van der Waals surface area contributed by atoms with Crippen molar-refractivity contribution >= 4 is 17.3 Å². The Morgan fingerprint density at radius 2 is 2.35 bits per heavy atom. The normalized spacial score (nSPS) is 12.4. The number of aromatic amines is 1. The van der Waals surface area contributed by atoms with Crippen molar-refractivity contribution in [2.24, 2.45) is 0 Å². The summed E-state index contributed by atoms with van der Waals surface area (Å²) < 4.78 is 0. The maximum Gasteiger partial charge on any atom is 0.137 e. The fraction of sp³-hybridized carbons (Fsp3) is 0.250. The lowest BCUT2D eigenvalue weighted by atomic mass is 10.2. The van der Waals surface area contributed by atoms with Crippen LogP contribution >= 0.6 is 11.6 Å². The second-order valence-electron chi connectivity index (χ2n) is 3.71. The van der Waals surface area contributed by atoms with E-state index in [0.717, 1.165) is 17.1 Å². The number of imidazole rings is 1. The van der Waals surface area contributed by atoms with Gasteiger partial charge in [0.1, 0.15) is 5.82 Å². The Balaban J connectivity index is 2.07. The molecule has 2 rings (SSSR count). The zero-order valence-electron chi connectivity index (χ0n) is 9.23. The van der Waals surface area contributed by atoms with Gasteiger partial charge in [0.25, 0.3) is 0 Å². The Hall–Kier alpha value is -1.52. The highest BCUT2D eigenvalue weighted by Gasteiger charge is 2.03. The van der Waals surface area contributed by atoms with Crippen LogP contribution in [-0.4, -0.2) is 33.6 Å². The number of aromatic nitrogens is 2. The van der Waals surface area contributed by atoms with Crippen molar-refractivity contribution in [2.45, 2.75) is 6.10 Å². The molecule has 0 aliphatic carbocycles. The lowest BCUT2D eigenvalue weighted by Crippen LogP contribution is -2.20. The van der Waals surface area contributed by atoms with Gasteiger partial charge in [0.05, 0.1) is 12.0 Å². The molecule has 4 nitrogen and oxygen atoms in total. The number of nitrogens with one attached hydrogen (secondary N) is 2. The summed E-state index contributed by atoms with van der Waals surface area (Å²) in [6.45, 7) is 0.436. The fourth-order valence-corrected chi connectivity index (χ4v) is 1.60. The minimum absolute atomic E-state index is 0.227. The van der Waals surface area contributed by atoms with Gasteiger partial charge >= 0.3 is 0 Å². The van der Waals surface area contributed by atoms with Gasteiger partial charge in [0, 0.05) is 30.2 Å². The molecule has 0 radical (unpaired) electrons. The van der Waals surface area contributed by atoms with Gasteiger partial charge in [0.15, 0.2) is 0 Å². The summed E-state index contributed by atoms with van der Waals surface area (Å²) in [6.07, 6.45) is 2.96. The lowest BCUT2D eigenvalue weighted by molar-refractivity contribution is 0.211. The van der Waals surface area contributed by atoms with Crippen molar-refractivity contribution in [3.8, 4) is 11.4 Å². The minimum Gasteiger partial charge on any atom is -0.390 e. The molecule has 0 saturated heterocycles. The Kier molecular flexibility index (Phi) is 4.01. The average molecular weight is 252 g/mol. The highest BCUT2D eigenvalue weighted by Crippen LogP contribution is 2.18. The maximum absolute atomic E-state index is 9.36. The molecule has 0 fully saturated rings. The highest BCUT2D eigenvalue weighted by atomic mass is 35.5. The smallest absolute Gasteiger partial charge is 0.137 e. The number of aliphatic hydroxyl groups is 1. The van der Waals surface area contributed by atoms with E-state index >= 15 is 0 Å². The van der Waals surface area contributed by atoms with Crippen LogP contribution in [-0.2, 0) is 0 Å². The third kappa shape index (κ3) is 3.22. The first kappa shape index (κ1) is 12.0. The van der Waals surface area contributed by atoms with E-state index in [-0.39, 0.29) is 5.88 Å². The molecule has 0 aliphatic heterocycles. The number of benzene rings is 1. The summed E-state index contributed by atoms with van der Waals surface area (Å²) >= 11 is 5.53.